The summed E-state index contributed by atoms with van der Waals surface area (Å²) >= 11 is 0. The Hall–Kier alpha value is -1.19. The van der Waals surface area contributed by atoms with Crippen LogP contribution in [0.1, 0.15) is 13.3 Å². The lowest BCUT2D eigenvalue weighted by atomic mass is 10.5. The Morgan fingerprint density at radius 2 is 2.17 bits per heavy atom. The Morgan fingerprint density at radius 3 is 2.75 bits per heavy atom. The van der Waals surface area contributed by atoms with E-state index in [9.17, 15) is 4.39 Å². The molecule has 0 aliphatic heterocycles. The van der Waals surface area contributed by atoms with Crippen LogP contribution in [0.4, 0.5) is 10.2 Å². The first kappa shape index (κ1) is 7.46. The van der Waals surface area contributed by atoms with Crippen LogP contribution in [-0.2, 0) is 0 Å². The highest BCUT2D eigenvalue weighted by Crippen LogP contribution is 2.32. The van der Waals surface area contributed by atoms with E-state index < -0.39 is 5.95 Å². The van der Waals surface area contributed by atoms with Crippen molar-refractivity contribution in [3.8, 4) is 0 Å². The molecule has 1 aromatic heterocycles. The van der Waals surface area contributed by atoms with E-state index >= 15 is 0 Å². The van der Waals surface area contributed by atoms with E-state index in [1.54, 1.807) is 0 Å². The van der Waals surface area contributed by atoms with E-state index in [2.05, 4.69) is 22.2 Å². The first-order valence-corrected chi connectivity index (χ1v) is 4.00. The summed E-state index contributed by atoms with van der Waals surface area (Å²) in [7, 11) is 0. The van der Waals surface area contributed by atoms with Crippen molar-refractivity contribution in [3.63, 3.8) is 0 Å². The minimum Gasteiger partial charge on any atom is -0.363 e. The van der Waals surface area contributed by atoms with Gasteiger partial charge in [-0.15, -0.1) is 0 Å². The fourth-order valence-corrected chi connectivity index (χ4v) is 1.12. The summed E-state index contributed by atoms with van der Waals surface area (Å²) in [6, 6.07) is 0.385. The van der Waals surface area contributed by atoms with E-state index in [0.29, 0.717) is 12.0 Å². The monoisotopic (exact) mass is 167 g/mol. The van der Waals surface area contributed by atoms with Gasteiger partial charge < -0.3 is 5.32 Å². The Kier molecular flexibility index (Phi) is 1.67. The summed E-state index contributed by atoms with van der Waals surface area (Å²) < 4.78 is 12.9. The molecule has 1 N–H and O–H groups in total. The van der Waals surface area contributed by atoms with Crippen molar-refractivity contribution in [3.05, 3.63) is 18.3 Å². The Balaban J connectivity index is 2.08. The molecule has 0 aromatic carbocycles. The van der Waals surface area contributed by atoms with E-state index in [4.69, 9.17) is 0 Å². The molecule has 2 atom stereocenters. The Labute approximate surface area is 70.0 Å². The quantitative estimate of drug-likeness (QED) is 0.724. The smallest absolute Gasteiger partial charge is 0.255 e. The molecule has 0 bridgehead atoms. The zero-order valence-electron chi connectivity index (χ0n) is 6.79. The SMILES string of the molecule is CC1CC1Nc1nccnc1F. The molecule has 1 fully saturated rings. The zero-order chi connectivity index (χ0) is 8.55. The third kappa shape index (κ3) is 1.37. The molecule has 4 heteroatoms. The number of nitrogens with zero attached hydrogens (tertiary/aromatic N) is 2. The van der Waals surface area contributed by atoms with Gasteiger partial charge in [0.15, 0.2) is 5.82 Å². The molecule has 0 spiro atoms. The summed E-state index contributed by atoms with van der Waals surface area (Å²) in [5.41, 5.74) is 0. The van der Waals surface area contributed by atoms with Crippen molar-refractivity contribution < 1.29 is 4.39 Å². The average molecular weight is 167 g/mol. The van der Waals surface area contributed by atoms with Gasteiger partial charge in [-0.25, -0.2) is 9.97 Å². The predicted molar refractivity (Wildman–Crippen MR) is 43.2 cm³/mol. The standard InChI is InChI=1S/C8H10FN3/c1-5-4-6(5)12-8-7(9)10-2-3-11-8/h2-3,5-6H,4H2,1H3,(H,11,12). The first-order chi connectivity index (χ1) is 5.77. The van der Waals surface area contributed by atoms with Crippen molar-refractivity contribution in [2.45, 2.75) is 19.4 Å². The molecule has 1 aliphatic carbocycles. The normalized spacial score (nSPS) is 26.8. The summed E-state index contributed by atoms with van der Waals surface area (Å²) in [6.07, 6.45) is 3.92. The van der Waals surface area contributed by atoms with E-state index in [-0.39, 0.29) is 5.82 Å². The highest BCUT2D eigenvalue weighted by molar-refractivity contribution is 5.35. The molecule has 0 amide bonds. The second-order valence-electron chi connectivity index (χ2n) is 3.16. The van der Waals surface area contributed by atoms with Crippen molar-refractivity contribution in [1.82, 2.24) is 9.97 Å². The molecule has 1 saturated carbocycles. The van der Waals surface area contributed by atoms with Gasteiger partial charge in [0.25, 0.3) is 5.95 Å². The number of aromatic nitrogens is 2. The summed E-state index contributed by atoms with van der Waals surface area (Å²) in [6.45, 7) is 2.12. The average Bonchev–Trinajstić information content (AvgIpc) is 2.72. The lowest BCUT2D eigenvalue weighted by Gasteiger charge is -2.02. The summed E-state index contributed by atoms with van der Waals surface area (Å²) in [5, 5.41) is 2.99. The van der Waals surface area contributed by atoms with Gasteiger partial charge in [-0.1, -0.05) is 6.92 Å². The molecule has 2 unspecified atom stereocenters. The molecule has 0 saturated heterocycles. The zero-order valence-corrected chi connectivity index (χ0v) is 6.79. The Morgan fingerprint density at radius 1 is 1.50 bits per heavy atom. The van der Waals surface area contributed by atoms with Crippen molar-refractivity contribution in [2.24, 2.45) is 5.92 Å². The number of nitrogens with one attached hydrogen (secondary N) is 1. The molecule has 1 aromatic rings. The van der Waals surface area contributed by atoms with E-state index in [1.807, 2.05) is 0 Å². The van der Waals surface area contributed by atoms with Gasteiger partial charge in [0.1, 0.15) is 0 Å². The molecular formula is C8H10FN3. The minimum atomic E-state index is -0.517. The summed E-state index contributed by atoms with van der Waals surface area (Å²) in [5.74, 6) is 0.384. The third-order valence-electron chi connectivity index (χ3n) is 2.09. The van der Waals surface area contributed by atoms with Crippen molar-refractivity contribution >= 4 is 5.82 Å². The van der Waals surface area contributed by atoms with Gasteiger partial charge in [0, 0.05) is 18.4 Å². The molecule has 12 heavy (non-hydrogen) atoms. The number of hydrogen-bond acceptors (Lipinski definition) is 3. The topological polar surface area (TPSA) is 37.8 Å². The van der Waals surface area contributed by atoms with Crippen LogP contribution in [0.5, 0.6) is 0 Å². The molecule has 64 valence electrons. The van der Waals surface area contributed by atoms with Gasteiger partial charge in [-0.2, -0.15) is 4.39 Å². The maximum absolute atomic E-state index is 12.9. The lowest BCUT2D eigenvalue weighted by molar-refractivity contribution is 0.579. The number of halogens is 1. The fraction of sp³-hybridized carbons (Fsp3) is 0.500. The molecular weight excluding hydrogens is 157 g/mol. The van der Waals surface area contributed by atoms with Crippen molar-refractivity contribution in [1.29, 1.82) is 0 Å². The van der Waals surface area contributed by atoms with Crippen LogP contribution in [0.3, 0.4) is 0 Å². The van der Waals surface area contributed by atoms with Gasteiger partial charge >= 0.3 is 0 Å². The largest absolute Gasteiger partial charge is 0.363 e. The first-order valence-electron chi connectivity index (χ1n) is 4.00. The van der Waals surface area contributed by atoms with E-state index in [0.717, 1.165) is 6.42 Å². The van der Waals surface area contributed by atoms with Gasteiger partial charge in [-0.3, -0.25) is 0 Å². The maximum atomic E-state index is 12.9. The lowest BCUT2D eigenvalue weighted by Crippen LogP contribution is -2.07. The Bertz CT molecular complexity index is 289. The minimum absolute atomic E-state index is 0.270. The highest BCUT2D eigenvalue weighted by Gasteiger charge is 2.33. The number of hydrogen-bond donors (Lipinski definition) is 1. The molecule has 1 heterocycles. The van der Waals surface area contributed by atoms with Gasteiger partial charge in [0.05, 0.1) is 0 Å². The van der Waals surface area contributed by atoms with Crippen LogP contribution in [0, 0.1) is 11.9 Å². The number of anilines is 1. The molecule has 2 rings (SSSR count). The second kappa shape index (κ2) is 2.69. The van der Waals surface area contributed by atoms with Crippen LogP contribution >= 0.6 is 0 Å². The van der Waals surface area contributed by atoms with Crippen LogP contribution in [0.25, 0.3) is 0 Å². The summed E-state index contributed by atoms with van der Waals surface area (Å²) in [4.78, 5) is 7.34. The van der Waals surface area contributed by atoms with Crippen LogP contribution in [0.15, 0.2) is 12.4 Å². The molecule has 0 radical (unpaired) electrons. The van der Waals surface area contributed by atoms with Gasteiger partial charge in [-0.05, 0) is 12.3 Å². The second-order valence-corrected chi connectivity index (χ2v) is 3.16. The number of rotatable bonds is 2. The van der Waals surface area contributed by atoms with Crippen LogP contribution in [0.2, 0.25) is 0 Å². The fourth-order valence-electron chi connectivity index (χ4n) is 1.12. The predicted octanol–water partition coefficient (Wildman–Crippen LogP) is 1.44. The van der Waals surface area contributed by atoms with Crippen LogP contribution < -0.4 is 5.32 Å². The third-order valence-corrected chi connectivity index (χ3v) is 2.09. The van der Waals surface area contributed by atoms with Crippen molar-refractivity contribution in [2.75, 3.05) is 5.32 Å². The maximum Gasteiger partial charge on any atom is 0.255 e. The van der Waals surface area contributed by atoms with Crippen LogP contribution in [-0.4, -0.2) is 16.0 Å². The molecule has 3 nitrogen and oxygen atoms in total. The van der Waals surface area contributed by atoms with E-state index in [1.165, 1.54) is 12.4 Å². The van der Waals surface area contributed by atoms with Gasteiger partial charge in [0.2, 0.25) is 0 Å². The highest BCUT2D eigenvalue weighted by atomic mass is 19.1. The molecule has 1 aliphatic rings.